The third-order valence-electron chi connectivity index (χ3n) is 6.20. The van der Waals surface area contributed by atoms with Crippen LogP contribution in [-0.4, -0.2) is 28.1 Å². The molecule has 31 heavy (non-hydrogen) atoms. The third-order valence-corrected chi connectivity index (χ3v) is 8.89. The van der Waals surface area contributed by atoms with Gasteiger partial charge in [0.05, 0.1) is 33.2 Å². The SMILES string of the molecule is Cc1nc(C)c(Cn2c(=O)n(C3=CCCC3)c3cc(S(=O)(=O)NC4(C)CC4)ccc32)s1. The van der Waals surface area contributed by atoms with E-state index in [-0.39, 0.29) is 16.1 Å². The quantitative estimate of drug-likeness (QED) is 0.609. The van der Waals surface area contributed by atoms with Crippen LogP contribution in [0.15, 0.2) is 34.0 Å². The number of benzene rings is 1. The lowest BCUT2D eigenvalue weighted by molar-refractivity contribution is 0.558. The number of imidazole rings is 1. The fourth-order valence-electron chi connectivity index (χ4n) is 4.23. The van der Waals surface area contributed by atoms with E-state index in [0.717, 1.165) is 58.9 Å². The van der Waals surface area contributed by atoms with Crippen LogP contribution in [-0.2, 0) is 16.6 Å². The fraction of sp³-hybridized carbons (Fsp3) is 0.455. The van der Waals surface area contributed by atoms with Gasteiger partial charge in [0.2, 0.25) is 10.0 Å². The molecule has 2 aromatic heterocycles. The molecular formula is C22H26N4O3S2. The van der Waals surface area contributed by atoms with Crippen LogP contribution in [0.3, 0.4) is 0 Å². The summed E-state index contributed by atoms with van der Waals surface area (Å²) in [5.41, 5.74) is 2.76. The molecule has 2 aliphatic rings. The number of thiazole rings is 1. The lowest BCUT2D eigenvalue weighted by atomic mass is 10.3. The Morgan fingerprint density at radius 2 is 2.00 bits per heavy atom. The van der Waals surface area contributed by atoms with Gasteiger partial charge in [-0.1, -0.05) is 6.08 Å². The zero-order valence-corrected chi connectivity index (χ0v) is 19.6. The van der Waals surface area contributed by atoms with Gasteiger partial charge in [-0.25, -0.2) is 22.9 Å². The van der Waals surface area contributed by atoms with Gasteiger partial charge in [-0.15, -0.1) is 11.3 Å². The highest BCUT2D eigenvalue weighted by Crippen LogP contribution is 2.36. The minimum atomic E-state index is -3.66. The van der Waals surface area contributed by atoms with Crippen molar-refractivity contribution in [2.24, 2.45) is 0 Å². The van der Waals surface area contributed by atoms with Gasteiger partial charge < -0.3 is 0 Å². The number of hydrogen-bond acceptors (Lipinski definition) is 5. The number of hydrogen-bond donors (Lipinski definition) is 1. The minimum absolute atomic E-state index is 0.134. The van der Waals surface area contributed by atoms with Gasteiger partial charge in [0.1, 0.15) is 0 Å². The van der Waals surface area contributed by atoms with E-state index in [4.69, 9.17) is 0 Å². The second-order valence-corrected chi connectivity index (χ2v) is 11.8. The summed E-state index contributed by atoms with van der Waals surface area (Å²) in [6.07, 6.45) is 6.51. The normalized spacial score (nSPS) is 18.0. The molecule has 0 bridgehead atoms. The van der Waals surface area contributed by atoms with Crippen molar-refractivity contribution in [3.63, 3.8) is 0 Å². The first-order valence-corrected chi connectivity index (χ1v) is 12.9. The van der Waals surface area contributed by atoms with E-state index >= 15 is 0 Å². The second kappa shape index (κ2) is 7.15. The number of aryl methyl sites for hydroxylation is 2. The van der Waals surface area contributed by atoms with Crippen molar-refractivity contribution in [1.82, 2.24) is 18.8 Å². The molecule has 0 saturated heterocycles. The van der Waals surface area contributed by atoms with Gasteiger partial charge in [-0.2, -0.15) is 0 Å². The summed E-state index contributed by atoms with van der Waals surface area (Å²) in [4.78, 5) is 19.2. The second-order valence-electron chi connectivity index (χ2n) is 8.85. The summed E-state index contributed by atoms with van der Waals surface area (Å²) < 4.78 is 32.2. The van der Waals surface area contributed by atoms with Crippen molar-refractivity contribution in [2.45, 2.75) is 69.9 Å². The highest BCUT2D eigenvalue weighted by molar-refractivity contribution is 7.89. The monoisotopic (exact) mass is 458 g/mol. The first-order valence-electron chi connectivity index (χ1n) is 10.6. The van der Waals surface area contributed by atoms with E-state index in [2.05, 4.69) is 15.8 Å². The zero-order valence-electron chi connectivity index (χ0n) is 17.9. The molecule has 0 spiro atoms. The van der Waals surface area contributed by atoms with Crippen molar-refractivity contribution in [2.75, 3.05) is 0 Å². The van der Waals surface area contributed by atoms with Crippen LogP contribution in [0, 0.1) is 13.8 Å². The molecule has 9 heteroatoms. The van der Waals surface area contributed by atoms with Gasteiger partial charge in [0, 0.05) is 16.1 Å². The average molecular weight is 459 g/mol. The molecule has 1 fully saturated rings. The maximum absolute atomic E-state index is 13.5. The summed E-state index contributed by atoms with van der Waals surface area (Å²) in [6, 6.07) is 5.01. The molecule has 164 valence electrons. The van der Waals surface area contributed by atoms with Crippen LogP contribution in [0.5, 0.6) is 0 Å². The van der Waals surface area contributed by atoms with E-state index < -0.39 is 10.0 Å². The van der Waals surface area contributed by atoms with E-state index in [0.29, 0.717) is 12.1 Å². The summed E-state index contributed by atoms with van der Waals surface area (Å²) >= 11 is 1.59. The molecule has 0 aliphatic heterocycles. The number of nitrogens with one attached hydrogen (secondary N) is 1. The highest BCUT2D eigenvalue weighted by atomic mass is 32.2. The Morgan fingerprint density at radius 3 is 2.61 bits per heavy atom. The highest BCUT2D eigenvalue weighted by Gasteiger charge is 2.41. The molecule has 0 atom stereocenters. The van der Waals surface area contributed by atoms with Crippen molar-refractivity contribution in [3.8, 4) is 0 Å². The molecule has 0 radical (unpaired) electrons. The van der Waals surface area contributed by atoms with Gasteiger partial charge >= 0.3 is 5.69 Å². The maximum Gasteiger partial charge on any atom is 0.333 e. The van der Waals surface area contributed by atoms with Crippen LogP contribution in [0.1, 0.15) is 54.6 Å². The van der Waals surface area contributed by atoms with Crippen LogP contribution < -0.4 is 10.4 Å². The number of aromatic nitrogens is 3. The molecule has 1 aromatic carbocycles. The van der Waals surface area contributed by atoms with Gasteiger partial charge in [0.15, 0.2) is 0 Å². The summed E-state index contributed by atoms with van der Waals surface area (Å²) in [5.74, 6) is 0. The zero-order chi connectivity index (χ0) is 22.0. The van der Waals surface area contributed by atoms with Gasteiger partial charge in [-0.05, 0) is 71.1 Å². The van der Waals surface area contributed by atoms with E-state index in [9.17, 15) is 13.2 Å². The van der Waals surface area contributed by atoms with Gasteiger partial charge in [-0.3, -0.25) is 9.13 Å². The van der Waals surface area contributed by atoms with E-state index in [1.165, 1.54) is 0 Å². The van der Waals surface area contributed by atoms with Crippen LogP contribution in [0.25, 0.3) is 16.7 Å². The van der Waals surface area contributed by atoms with E-state index in [1.54, 1.807) is 38.7 Å². The van der Waals surface area contributed by atoms with Crippen molar-refractivity contribution >= 4 is 38.1 Å². The lowest BCUT2D eigenvalue weighted by Crippen LogP contribution is -2.34. The van der Waals surface area contributed by atoms with Crippen LogP contribution >= 0.6 is 11.3 Å². The number of rotatable bonds is 6. The first-order chi connectivity index (χ1) is 14.7. The van der Waals surface area contributed by atoms with E-state index in [1.807, 2.05) is 20.8 Å². The molecule has 1 saturated carbocycles. The number of nitrogens with zero attached hydrogens (tertiary/aromatic N) is 3. The molecular weight excluding hydrogens is 432 g/mol. The number of allylic oxidation sites excluding steroid dienone is 2. The summed E-state index contributed by atoms with van der Waals surface area (Å²) in [6.45, 7) is 6.26. The number of fused-ring (bicyclic) bond motifs is 1. The minimum Gasteiger partial charge on any atom is -0.286 e. The largest absolute Gasteiger partial charge is 0.333 e. The molecule has 2 aliphatic carbocycles. The topological polar surface area (TPSA) is 86.0 Å². The summed E-state index contributed by atoms with van der Waals surface area (Å²) in [7, 11) is -3.66. The summed E-state index contributed by atoms with van der Waals surface area (Å²) in [5, 5.41) is 0.968. The fourth-order valence-corrected chi connectivity index (χ4v) is 6.64. The Kier molecular flexibility index (Phi) is 4.76. The third kappa shape index (κ3) is 3.68. The Labute approximate surface area is 185 Å². The number of sulfonamides is 1. The first kappa shape index (κ1) is 20.7. The molecule has 2 heterocycles. The smallest absolute Gasteiger partial charge is 0.286 e. The Morgan fingerprint density at radius 1 is 1.23 bits per heavy atom. The van der Waals surface area contributed by atoms with Crippen LogP contribution in [0.4, 0.5) is 0 Å². The van der Waals surface area contributed by atoms with Crippen molar-refractivity contribution in [1.29, 1.82) is 0 Å². The molecule has 0 unspecified atom stereocenters. The molecule has 5 rings (SSSR count). The maximum atomic E-state index is 13.5. The molecule has 1 N–H and O–H groups in total. The predicted octanol–water partition coefficient (Wildman–Crippen LogP) is 3.78. The standard InChI is InChI=1S/C22H26N4O3S2/c1-14-20(30-15(2)23-14)13-25-18-9-8-17(31(28,29)24-22(3)10-11-22)12-19(18)26(21(25)27)16-6-4-5-7-16/h6,8-9,12,24H,4-5,7,10-11,13H2,1-3H3. The lowest BCUT2D eigenvalue weighted by Gasteiger charge is -2.12. The molecule has 3 aromatic rings. The molecule has 7 nitrogen and oxygen atoms in total. The van der Waals surface area contributed by atoms with Crippen molar-refractivity contribution < 1.29 is 8.42 Å². The Balaban J connectivity index is 1.67. The van der Waals surface area contributed by atoms with Crippen LogP contribution in [0.2, 0.25) is 0 Å². The Bertz CT molecular complexity index is 1390. The van der Waals surface area contributed by atoms with Crippen molar-refractivity contribution in [3.05, 3.63) is 50.3 Å². The molecule has 0 amide bonds. The van der Waals surface area contributed by atoms with Gasteiger partial charge in [0.25, 0.3) is 0 Å². The predicted molar refractivity (Wildman–Crippen MR) is 123 cm³/mol. The average Bonchev–Trinajstić information content (AvgIpc) is 3.05. The Hall–Kier alpha value is -2.23.